The van der Waals surface area contributed by atoms with E-state index in [2.05, 4.69) is 42.3 Å². The average Bonchev–Trinajstić information content (AvgIpc) is 3.18. The second-order valence-corrected chi connectivity index (χ2v) is 16.7. The molecule has 13 heteroatoms. The molecule has 0 saturated carbocycles. The predicted molar refractivity (Wildman–Crippen MR) is 225 cm³/mol. The topological polar surface area (TPSA) is 178 Å². The molecule has 1 aliphatic rings. The van der Waals surface area contributed by atoms with Crippen LogP contribution in [0.5, 0.6) is 0 Å². The Morgan fingerprint density at radius 3 is 1.60 bits per heavy atom. The number of unbranched alkanes of at least 4 members (excludes halogenated alkanes) is 22. The Labute approximate surface area is 346 Å². The summed E-state index contributed by atoms with van der Waals surface area (Å²) in [5, 5.41) is 30.6. The molecule has 1 aliphatic heterocycles. The molecule has 6 unspecified atom stereocenters. The van der Waals surface area contributed by atoms with Gasteiger partial charge in [-0.2, -0.15) is 8.42 Å². The zero-order valence-electron chi connectivity index (χ0n) is 35.7. The lowest BCUT2D eigenvalue weighted by Gasteiger charge is -2.41. The average molecular weight is 835 g/mol. The molecule has 0 aromatic carbocycles. The van der Waals surface area contributed by atoms with Crippen LogP contribution in [0.1, 0.15) is 187 Å². The van der Waals surface area contributed by atoms with Crippen molar-refractivity contribution in [1.82, 2.24) is 0 Å². The first kappa shape index (κ1) is 53.6. The van der Waals surface area contributed by atoms with Crippen molar-refractivity contribution in [3.05, 3.63) is 24.3 Å². The minimum absolute atomic E-state index is 0.0306. The van der Waals surface area contributed by atoms with E-state index >= 15 is 0 Å². The molecule has 12 nitrogen and oxygen atoms in total. The summed E-state index contributed by atoms with van der Waals surface area (Å²) >= 11 is 0. The maximum Gasteiger partial charge on any atom is 0.397 e. The number of aliphatic hydroxyl groups is 3. The van der Waals surface area contributed by atoms with Gasteiger partial charge < -0.3 is 34.3 Å². The number of carbonyl (C=O) groups excluding carboxylic acids is 1. The van der Waals surface area contributed by atoms with Gasteiger partial charge in [0.05, 0.1) is 19.8 Å². The molecule has 6 atom stereocenters. The molecular formula is C44H82O12S. The molecule has 1 rings (SSSR count). The Bertz CT molecular complexity index is 1100. The van der Waals surface area contributed by atoms with Crippen LogP contribution in [0.4, 0.5) is 0 Å². The van der Waals surface area contributed by atoms with E-state index in [1.807, 2.05) is 0 Å². The highest BCUT2D eigenvalue weighted by Gasteiger charge is 2.48. The number of rotatable bonds is 39. The van der Waals surface area contributed by atoms with E-state index in [0.717, 1.165) is 64.2 Å². The summed E-state index contributed by atoms with van der Waals surface area (Å²) in [5.74, 6) is -0.410. The predicted octanol–water partition coefficient (Wildman–Crippen LogP) is 9.24. The van der Waals surface area contributed by atoms with Gasteiger partial charge in [0.15, 0.2) is 6.29 Å². The molecule has 336 valence electrons. The fraction of sp³-hybridized carbons (Fsp3) is 0.886. The third-order valence-corrected chi connectivity index (χ3v) is 10.8. The summed E-state index contributed by atoms with van der Waals surface area (Å²) < 4.78 is 59.0. The van der Waals surface area contributed by atoms with Crippen LogP contribution in [0.15, 0.2) is 24.3 Å². The van der Waals surface area contributed by atoms with Crippen LogP contribution in [0.25, 0.3) is 0 Å². The highest BCUT2D eigenvalue weighted by atomic mass is 32.3. The number of esters is 1. The summed E-state index contributed by atoms with van der Waals surface area (Å²) in [6, 6.07) is 0. The summed E-state index contributed by atoms with van der Waals surface area (Å²) in [4.78, 5) is 12.8. The molecule has 0 aromatic heterocycles. The van der Waals surface area contributed by atoms with Crippen LogP contribution in [0.2, 0.25) is 0 Å². The fourth-order valence-electron chi connectivity index (χ4n) is 6.84. The molecule has 0 bridgehead atoms. The smallest absolute Gasteiger partial charge is 0.397 e. The van der Waals surface area contributed by atoms with Crippen LogP contribution >= 0.6 is 0 Å². The van der Waals surface area contributed by atoms with Gasteiger partial charge in [-0.15, -0.1) is 0 Å². The molecule has 1 fully saturated rings. The molecule has 57 heavy (non-hydrogen) atoms. The van der Waals surface area contributed by atoms with Crippen LogP contribution in [-0.4, -0.2) is 97.5 Å². The van der Waals surface area contributed by atoms with Crippen LogP contribution in [-0.2, 0) is 38.3 Å². The Hall–Kier alpha value is -1.42. The standard InChI is InChI=1S/C44H82O12S/c1-3-5-7-9-11-13-15-17-18-19-20-22-24-26-28-30-32-34-52-36-38(37-53-44-42(48)43(56-57(49,50)51)41(47)39(35-45)55-44)54-40(46)33-31-29-27-25-23-21-16-14-12-10-8-6-4-2/h14,16,18-19,38-39,41-45,47-48H,3-13,15,17,20-37H2,1-2H3,(H,49,50,51)/b16-14-,19-18-. The fourth-order valence-corrected chi connectivity index (χ4v) is 7.35. The largest absolute Gasteiger partial charge is 0.457 e. The molecule has 1 saturated heterocycles. The first-order chi connectivity index (χ1) is 27.6. The van der Waals surface area contributed by atoms with E-state index < -0.39 is 59.8 Å². The van der Waals surface area contributed by atoms with Crippen molar-refractivity contribution < 1.29 is 56.2 Å². The third kappa shape index (κ3) is 30.3. The van der Waals surface area contributed by atoms with E-state index in [-0.39, 0.29) is 19.6 Å². The lowest BCUT2D eigenvalue weighted by molar-refractivity contribution is -0.301. The minimum atomic E-state index is -5.06. The van der Waals surface area contributed by atoms with E-state index in [4.69, 9.17) is 23.5 Å². The van der Waals surface area contributed by atoms with Gasteiger partial charge in [-0.1, -0.05) is 141 Å². The van der Waals surface area contributed by atoms with Gasteiger partial charge in [-0.05, 0) is 64.2 Å². The molecular weight excluding hydrogens is 753 g/mol. The maximum absolute atomic E-state index is 12.8. The van der Waals surface area contributed by atoms with Gasteiger partial charge in [0.25, 0.3) is 0 Å². The molecule has 0 amide bonds. The van der Waals surface area contributed by atoms with E-state index in [0.29, 0.717) is 13.0 Å². The van der Waals surface area contributed by atoms with Crippen molar-refractivity contribution in [1.29, 1.82) is 0 Å². The number of hydrogen-bond acceptors (Lipinski definition) is 11. The van der Waals surface area contributed by atoms with Gasteiger partial charge in [-0.25, -0.2) is 4.18 Å². The highest BCUT2D eigenvalue weighted by Crippen LogP contribution is 2.26. The summed E-state index contributed by atoms with van der Waals surface area (Å²) in [6.07, 6.45) is 30.7. The maximum atomic E-state index is 12.8. The van der Waals surface area contributed by atoms with Crippen molar-refractivity contribution in [2.45, 2.75) is 224 Å². The van der Waals surface area contributed by atoms with E-state index in [1.165, 1.54) is 96.3 Å². The van der Waals surface area contributed by atoms with E-state index in [9.17, 15) is 28.5 Å². The molecule has 0 spiro atoms. The van der Waals surface area contributed by atoms with Crippen LogP contribution in [0, 0.1) is 0 Å². The lowest BCUT2D eigenvalue weighted by atomic mass is 9.99. The van der Waals surface area contributed by atoms with Crippen molar-refractivity contribution >= 4 is 16.4 Å². The first-order valence-electron chi connectivity index (χ1n) is 22.6. The van der Waals surface area contributed by atoms with Crippen LogP contribution in [0.3, 0.4) is 0 Å². The summed E-state index contributed by atoms with van der Waals surface area (Å²) in [6.45, 7) is 3.95. The Morgan fingerprint density at radius 2 is 1.11 bits per heavy atom. The normalized spacial score (nSPS) is 20.8. The highest BCUT2D eigenvalue weighted by molar-refractivity contribution is 7.80. The Kier molecular flexibility index (Phi) is 34.3. The molecule has 4 N–H and O–H groups in total. The quantitative estimate of drug-likeness (QED) is 0.0200. The second-order valence-electron chi connectivity index (χ2n) is 15.6. The van der Waals surface area contributed by atoms with Crippen molar-refractivity contribution in [3.63, 3.8) is 0 Å². The minimum Gasteiger partial charge on any atom is -0.457 e. The summed E-state index contributed by atoms with van der Waals surface area (Å²) in [7, 11) is -5.06. The zero-order chi connectivity index (χ0) is 41.8. The molecule has 1 heterocycles. The zero-order valence-corrected chi connectivity index (χ0v) is 36.5. The number of hydrogen-bond donors (Lipinski definition) is 4. The number of ether oxygens (including phenoxy) is 4. The second kappa shape index (κ2) is 36.4. The van der Waals surface area contributed by atoms with Crippen molar-refractivity contribution in [3.8, 4) is 0 Å². The SMILES string of the molecule is CCCCCC/C=C\CCCCCCCC(=O)OC(COCCCCCCCC/C=C\CCCCCCCCC)COC1OC(CO)C(O)C(OS(=O)(=O)O)C1O. The lowest BCUT2D eigenvalue weighted by Crippen LogP contribution is -2.60. The van der Waals surface area contributed by atoms with Crippen molar-refractivity contribution in [2.24, 2.45) is 0 Å². The molecule has 0 radical (unpaired) electrons. The molecule has 0 aromatic rings. The van der Waals surface area contributed by atoms with Gasteiger partial charge in [0.1, 0.15) is 30.5 Å². The number of carbonyl (C=O) groups is 1. The summed E-state index contributed by atoms with van der Waals surface area (Å²) in [5.41, 5.74) is 0. The van der Waals surface area contributed by atoms with Gasteiger partial charge in [0.2, 0.25) is 0 Å². The van der Waals surface area contributed by atoms with E-state index in [1.54, 1.807) is 0 Å². The Morgan fingerprint density at radius 1 is 0.649 bits per heavy atom. The monoisotopic (exact) mass is 835 g/mol. The third-order valence-electron chi connectivity index (χ3n) is 10.3. The van der Waals surface area contributed by atoms with Crippen LogP contribution < -0.4 is 0 Å². The van der Waals surface area contributed by atoms with Gasteiger partial charge in [-0.3, -0.25) is 9.35 Å². The van der Waals surface area contributed by atoms with Gasteiger partial charge >= 0.3 is 16.4 Å². The first-order valence-corrected chi connectivity index (χ1v) is 24.0. The van der Waals surface area contributed by atoms with Gasteiger partial charge in [0, 0.05) is 13.0 Å². The molecule has 0 aliphatic carbocycles. The Balaban J connectivity index is 2.43. The number of allylic oxidation sites excluding steroid dienone is 4. The van der Waals surface area contributed by atoms with Crippen molar-refractivity contribution in [2.75, 3.05) is 26.4 Å². The number of aliphatic hydroxyl groups excluding tert-OH is 3.